The summed E-state index contributed by atoms with van der Waals surface area (Å²) in [6, 6.07) is 19.7. The molecule has 1 fully saturated rings. The third kappa shape index (κ3) is 5.65. The van der Waals surface area contributed by atoms with Crippen LogP contribution in [0.5, 0.6) is 0 Å². The first-order valence-corrected chi connectivity index (χ1v) is 11.8. The molecule has 2 N–H and O–H groups in total. The molecule has 2 aromatic carbocycles. The van der Waals surface area contributed by atoms with Gasteiger partial charge in [-0.15, -0.1) is 0 Å². The maximum atomic E-state index is 12.9. The van der Waals surface area contributed by atoms with Crippen LogP contribution in [0.15, 0.2) is 60.7 Å². The molecular formula is C27H32N4O3. The van der Waals surface area contributed by atoms with E-state index in [9.17, 15) is 9.59 Å². The molecule has 4 rings (SSSR count). The lowest BCUT2D eigenvalue weighted by molar-refractivity contribution is -0.154. The van der Waals surface area contributed by atoms with Crippen molar-refractivity contribution < 1.29 is 14.3 Å². The Bertz CT molecular complexity index is 1140. The second kappa shape index (κ2) is 10.5. The number of aromatic nitrogens is 1. The van der Waals surface area contributed by atoms with Gasteiger partial charge in [-0.05, 0) is 31.7 Å². The quantitative estimate of drug-likeness (QED) is 0.507. The number of ether oxygens (including phenoxy) is 1. The SMILES string of the molecule is CC(=O)OC(C(=O)NC1CCC(Nc2cc(N(C)C)c3ccccc3n2)CC1)c1ccccc1. The third-order valence-electron chi connectivity index (χ3n) is 6.23. The maximum Gasteiger partial charge on any atom is 0.303 e. The van der Waals surface area contributed by atoms with Crippen molar-refractivity contribution in [3.8, 4) is 0 Å². The van der Waals surface area contributed by atoms with Gasteiger partial charge < -0.3 is 20.3 Å². The Balaban J connectivity index is 1.37. The molecule has 0 spiro atoms. The highest BCUT2D eigenvalue weighted by Gasteiger charge is 2.28. The summed E-state index contributed by atoms with van der Waals surface area (Å²) >= 11 is 0. The molecule has 1 aromatic heterocycles. The first-order chi connectivity index (χ1) is 16.4. The number of fused-ring (bicyclic) bond motifs is 1. The summed E-state index contributed by atoms with van der Waals surface area (Å²) in [7, 11) is 4.08. The van der Waals surface area contributed by atoms with Crippen LogP contribution >= 0.6 is 0 Å². The van der Waals surface area contributed by atoms with Gasteiger partial charge in [-0.3, -0.25) is 9.59 Å². The van der Waals surface area contributed by atoms with Crippen LogP contribution in [-0.4, -0.2) is 43.0 Å². The van der Waals surface area contributed by atoms with Crippen molar-refractivity contribution in [3.05, 3.63) is 66.2 Å². The Hall–Kier alpha value is -3.61. The number of rotatable bonds is 7. The first kappa shape index (κ1) is 23.5. The predicted octanol–water partition coefficient (Wildman–Crippen LogP) is 4.44. The van der Waals surface area contributed by atoms with Crippen molar-refractivity contribution >= 4 is 34.3 Å². The van der Waals surface area contributed by atoms with Crippen molar-refractivity contribution in [3.63, 3.8) is 0 Å². The van der Waals surface area contributed by atoms with Gasteiger partial charge in [0.25, 0.3) is 5.91 Å². The van der Waals surface area contributed by atoms with Crippen molar-refractivity contribution in [2.24, 2.45) is 0 Å². The molecule has 178 valence electrons. The average Bonchev–Trinajstić information content (AvgIpc) is 2.83. The Morgan fingerprint density at radius 1 is 0.971 bits per heavy atom. The Morgan fingerprint density at radius 3 is 2.29 bits per heavy atom. The lowest BCUT2D eigenvalue weighted by atomic mass is 9.91. The highest BCUT2D eigenvalue weighted by atomic mass is 16.5. The monoisotopic (exact) mass is 460 g/mol. The van der Waals surface area contributed by atoms with E-state index in [0.29, 0.717) is 5.56 Å². The highest BCUT2D eigenvalue weighted by Crippen LogP contribution is 2.29. The Labute approximate surface area is 200 Å². The predicted molar refractivity (Wildman–Crippen MR) is 135 cm³/mol. The summed E-state index contributed by atoms with van der Waals surface area (Å²) in [5.41, 5.74) is 2.77. The van der Waals surface area contributed by atoms with Crippen LogP contribution in [0.25, 0.3) is 10.9 Å². The molecule has 7 nitrogen and oxygen atoms in total. The summed E-state index contributed by atoms with van der Waals surface area (Å²) in [4.78, 5) is 31.4. The number of para-hydroxylation sites is 1. The number of esters is 1. The van der Waals surface area contributed by atoms with Gasteiger partial charge in [-0.1, -0.05) is 48.5 Å². The Morgan fingerprint density at radius 2 is 1.62 bits per heavy atom. The van der Waals surface area contributed by atoms with Crippen molar-refractivity contribution in [1.29, 1.82) is 0 Å². The number of hydrogen-bond donors (Lipinski definition) is 2. The van der Waals surface area contributed by atoms with Crippen LogP contribution in [-0.2, 0) is 14.3 Å². The fraction of sp³-hybridized carbons (Fsp3) is 0.370. The van der Waals surface area contributed by atoms with Gasteiger partial charge in [-0.25, -0.2) is 4.98 Å². The van der Waals surface area contributed by atoms with Crippen molar-refractivity contribution in [2.45, 2.75) is 50.8 Å². The number of benzene rings is 2. The van der Waals surface area contributed by atoms with Crippen molar-refractivity contribution in [1.82, 2.24) is 10.3 Å². The molecule has 0 aliphatic heterocycles. The van der Waals surface area contributed by atoms with Gasteiger partial charge in [0.15, 0.2) is 0 Å². The lowest BCUT2D eigenvalue weighted by Gasteiger charge is -2.31. The van der Waals surface area contributed by atoms with Gasteiger partial charge in [0.2, 0.25) is 6.10 Å². The molecular weight excluding hydrogens is 428 g/mol. The molecule has 0 bridgehead atoms. The minimum Gasteiger partial charge on any atom is -0.447 e. The van der Waals surface area contributed by atoms with E-state index in [1.807, 2.05) is 50.5 Å². The zero-order valence-electron chi connectivity index (χ0n) is 20.0. The summed E-state index contributed by atoms with van der Waals surface area (Å²) in [6.45, 7) is 1.32. The van der Waals surface area contributed by atoms with Crippen LogP contribution in [0, 0.1) is 0 Å². The number of carbonyl (C=O) groups is 2. The molecule has 0 saturated heterocycles. The number of nitrogens with one attached hydrogen (secondary N) is 2. The van der Waals surface area contributed by atoms with E-state index in [2.05, 4.69) is 27.7 Å². The van der Waals surface area contributed by atoms with Crippen LogP contribution in [0.4, 0.5) is 11.5 Å². The average molecular weight is 461 g/mol. The van der Waals surface area contributed by atoms with Crippen LogP contribution in [0.3, 0.4) is 0 Å². The fourth-order valence-electron chi connectivity index (χ4n) is 4.54. The smallest absolute Gasteiger partial charge is 0.303 e. The second-order valence-corrected chi connectivity index (χ2v) is 9.04. The van der Waals surface area contributed by atoms with Crippen LogP contribution in [0.2, 0.25) is 0 Å². The number of anilines is 2. The molecule has 1 amide bonds. The largest absolute Gasteiger partial charge is 0.447 e. The van der Waals surface area contributed by atoms with Crippen LogP contribution in [0.1, 0.15) is 44.3 Å². The van der Waals surface area contributed by atoms with E-state index in [1.54, 1.807) is 12.1 Å². The number of carbonyl (C=O) groups excluding carboxylic acids is 2. The molecule has 1 heterocycles. The molecule has 1 aliphatic carbocycles. The second-order valence-electron chi connectivity index (χ2n) is 9.04. The molecule has 3 aromatic rings. The number of pyridine rings is 1. The fourth-order valence-corrected chi connectivity index (χ4v) is 4.54. The van der Waals surface area contributed by atoms with E-state index in [4.69, 9.17) is 9.72 Å². The van der Waals surface area contributed by atoms with E-state index in [1.165, 1.54) is 6.92 Å². The number of hydrogen-bond acceptors (Lipinski definition) is 6. The molecule has 1 unspecified atom stereocenters. The summed E-state index contributed by atoms with van der Waals surface area (Å²) < 4.78 is 5.33. The molecule has 7 heteroatoms. The molecule has 0 radical (unpaired) electrons. The summed E-state index contributed by atoms with van der Waals surface area (Å²) in [5.74, 6) is 0.121. The first-order valence-electron chi connectivity index (χ1n) is 11.8. The number of amides is 1. The van der Waals surface area contributed by atoms with Crippen molar-refractivity contribution in [2.75, 3.05) is 24.3 Å². The standard InChI is InChI=1S/C27H32N4O3/c1-18(32)34-26(19-9-5-4-6-10-19)27(33)29-21-15-13-20(14-16-21)28-25-17-24(31(2)3)22-11-7-8-12-23(22)30-25/h4-12,17,20-21,26H,13-16H2,1-3H3,(H,28,30)(H,29,33). The van der Waals surface area contributed by atoms with Gasteiger partial charge in [0, 0.05) is 55.8 Å². The van der Waals surface area contributed by atoms with Gasteiger partial charge in [-0.2, -0.15) is 0 Å². The maximum absolute atomic E-state index is 12.9. The molecule has 1 saturated carbocycles. The molecule has 1 atom stereocenters. The Kier molecular flexibility index (Phi) is 7.30. The van der Waals surface area contributed by atoms with Gasteiger partial charge in [0.1, 0.15) is 5.82 Å². The minimum atomic E-state index is -0.930. The third-order valence-corrected chi connectivity index (χ3v) is 6.23. The van der Waals surface area contributed by atoms with E-state index < -0.39 is 12.1 Å². The topological polar surface area (TPSA) is 83.6 Å². The van der Waals surface area contributed by atoms with Gasteiger partial charge >= 0.3 is 5.97 Å². The lowest BCUT2D eigenvalue weighted by Crippen LogP contribution is -2.43. The van der Waals surface area contributed by atoms with E-state index >= 15 is 0 Å². The highest BCUT2D eigenvalue weighted by molar-refractivity contribution is 5.93. The van der Waals surface area contributed by atoms with Gasteiger partial charge in [0.05, 0.1) is 5.52 Å². The van der Waals surface area contributed by atoms with E-state index in [0.717, 1.165) is 48.1 Å². The summed E-state index contributed by atoms with van der Waals surface area (Å²) in [6.07, 6.45) is 2.60. The molecule has 34 heavy (non-hydrogen) atoms. The normalized spacial score (nSPS) is 18.7. The molecule has 1 aliphatic rings. The van der Waals surface area contributed by atoms with E-state index in [-0.39, 0.29) is 18.0 Å². The van der Waals surface area contributed by atoms with Crippen LogP contribution < -0.4 is 15.5 Å². The minimum absolute atomic E-state index is 0.0502. The zero-order valence-corrected chi connectivity index (χ0v) is 20.0. The zero-order chi connectivity index (χ0) is 24.1. The summed E-state index contributed by atoms with van der Waals surface area (Å²) in [5, 5.41) is 7.82. The number of nitrogens with zero attached hydrogens (tertiary/aromatic N) is 2.